The maximum absolute atomic E-state index is 11.7. The Hall–Kier alpha value is -1.92. The zero-order chi connectivity index (χ0) is 12.3. The van der Waals surface area contributed by atoms with Crippen LogP contribution < -0.4 is 10.6 Å². The van der Waals surface area contributed by atoms with Crippen molar-refractivity contribution in [1.29, 1.82) is 0 Å². The molecule has 0 saturated carbocycles. The van der Waals surface area contributed by atoms with Crippen LogP contribution in [-0.2, 0) is 22.7 Å². The van der Waals surface area contributed by atoms with Gasteiger partial charge < -0.3 is 15.2 Å². The third kappa shape index (κ3) is 2.61. The van der Waals surface area contributed by atoms with E-state index in [1.54, 1.807) is 6.33 Å². The Morgan fingerprint density at radius 2 is 2.53 bits per heavy atom. The summed E-state index contributed by atoms with van der Waals surface area (Å²) in [6, 6.07) is -0.402. The molecule has 2 amide bonds. The molecule has 1 atom stereocenters. The molecule has 2 heterocycles. The zero-order valence-electron chi connectivity index (χ0n) is 9.64. The van der Waals surface area contributed by atoms with Crippen molar-refractivity contribution in [3.8, 4) is 0 Å². The standard InChI is InChI=1S/C10H15N5O2/c1-2-15-6-12-14-8(15)5-11-10(17)7-3-4-9(16)13-7/h6-7H,2-5H2,1H3,(H,11,17)(H,13,16)/t7-/m1/s1. The number of hydrogen-bond acceptors (Lipinski definition) is 4. The van der Waals surface area contributed by atoms with Gasteiger partial charge in [0.25, 0.3) is 0 Å². The van der Waals surface area contributed by atoms with Gasteiger partial charge in [-0.3, -0.25) is 9.59 Å². The third-order valence-corrected chi connectivity index (χ3v) is 2.77. The van der Waals surface area contributed by atoms with E-state index in [9.17, 15) is 9.59 Å². The predicted molar refractivity (Wildman–Crippen MR) is 58.7 cm³/mol. The van der Waals surface area contributed by atoms with Crippen LogP contribution in [0, 0.1) is 0 Å². The highest BCUT2D eigenvalue weighted by molar-refractivity contribution is 5.90. The number of rotatable bonds is 4. The summed E-state index contributed by atoms with van der Waals surface area (Å²) in [4.78, 5) is 22.7. The second-order valence-corrected chi connectivity index (χ2v) is 3.91. The summed E-state index contributed by atoms with van der Waals surface area (Å²) in [5.74, 6) is 0.480. The van der Waals surface area contributed by atoms with Crippen molar-refractivity contribution in [3.05, 3.63) is 12.2 Å². The summed E-state index contributed by atoms with van der Waals surface area (Å²) in [5, 5.41) is 13.0. The number of nitrogens with zero attached hydrogens (tertiary/aromatic N) is 3. The Labute approximate surface area is 98.6 Å². The van der Waals surface area contributed by atoms with Gasteiger partial charge in [0.15, 0.2) is 5.82 Å². The van der Waals surface area contributed by atoms with E-state index in [4.69, 9.17) is 0 Å². The lowest BCUT2D eigenvalue weighted by Crippen LogP contribution is -2.41. The van der Waals surface area contributed by atoms with E-state index in [0.29, 0.717) is 25.2 Å². The summed E-state index contributed by atoms with van der Waals surface area (Å²) in [6.07, 6.45) is 2.60. The SMILES string of the molecule is CCn1cnnc1CNC(=O)[C@H]1CCC(=O)N1. The Kier molecular flexibility index (Phi) is 3.36. The van der Waals surface area contributed by atoms with Crippen LogP contribution in [0.5, 0.6) is 0 Å². The average molecular weight is 237 g/mol. The van der Waals surface area contributed by atoms with Crippen LogP contribution in [0.4, 0.5) is 0 Å². The van der Waals surface area contributed by atoms with Crippen LogP contribution in [-0.4, -0.2) is 32.6 Å². The Balaban J connectivity index is 1.86. The number of aromatic nitrogens is 3. The number of nitrogens with one attached hydrogen (secondary N) is 2. The monoisotopic (exact) mass is 237 g/mol. The van der Waals surface area contributed by atoms with Crippen molar-refractivity contribution < 1.29 is 9.59 Å². The van der Waals surface area contributed by atoms with Crippen LogP contribution >= 0.6 is 0 Å². The molecule has 92 valence electrons. The summed E-state index contributed by atoms with van der Waals surface area (Å²) in [6.45, 7) is 3.07. The van der Waals surface area contributed by atoms with Crippen molar-refractivity contribution in [2.45, 2.75) is 38.9 Å². The van der Waals surface area contributed by atoms with Gasteiger partial charge in [-0.2, -0.15) is 0 Å². The van der Waals surface area contributed by atoms with E-state index in [1.165, 1.54) is 0 Å². The molecule has 0 spiro atoms. The minimum atomic E-state index is -0.402. The molecule has 17 heavy (non-hydrogen) atoms. The molecule has 1 aromatic heterocycles. The van der Waals surface area contributed by atoms with Crippen LogP contribution in [0.3, 0.4) is 0 Å². The largest absolute Gasteiger partial charge is 0.347 e. The van der Waals surface area contributed by atoms with E-state index in [0.717, 1.165) is 6.54 Å². The van der Waals surface area contributed by atoms with Gasteiger partial charge in [-0.1, -0.05) is 0 Å². The van der Waals surface area contributed by atoms with Gasteiger partial charge in [0.2, 0.25) is 11.8 Å². The second kappa shape index (κ2) is 4.94. The van der Waals surface area contributed by atoms with Crippen molar-refractivity contribution in [3.63, 3.8) is 0 Å². The highest BCUT2D eigenvalue weighted by Gasteiger charge is 2.26. The van der Waals surface area contributed by atoms with Gasteiger partial charge >= 0.3 is 0 Å². The molecule has 0 aromatic carbocycles. The first-order valence-corrected chi connectivity index (χ1v) is 5.64. The highest BCUT2D eigenvalue weighted by atomic mass is 16.2. The molecule has 2 rings (SSSR count). The first-order valence-electron chi connectivity index (χ1n) is 5.64. The Morgan fingerprint density at radius 1 is 1.71 bits per heavy atom. The summed E-state index contributed by atoms with van der Waals surface area (Å²) in [5.41, 5.74) is 0. The number of aryl methyl sites for hydroxylation is 1. The van der Waals surface area contributed by atoms with Gasteiger partial charge in [0.05, 0.1) is 6.54 Å². The van der Waals surface area contributed by atoms with E-state index in [1.807, 2.05) is 11.5 Å². The molecule has 0 radical (unpaired) electrons. The summed E-state index contributed by atoms with van der Waals surface area (Å²) >= 11 is 0. The van der Waals surface area contributed by atoms with Gasteiger partial charge in [-0.05, 0) is 13.3 Å². The normalized spacial score (nSPS) is 19.1. The molecule has 1 saturated heterocycles. The fourth-order valence-corrected chi connectivity index (χ4v) is 1.78. The number of hydrogen-bond donors (Lipinski definition) is 2. The third-order valence-electron chi connectivity index (χ3n) is 2.77. The molecule has 0 aliphatic carbocycles. The molecule has 0 unspecified atom stereocenters. The Bertz CT molecular complexity index is 428. The molecular weight excluding hydrogens is 222 g/mol. The molecule has 1 fully saturated rings. The fourth-order valence-electron chi connectivity index (χ4n) is 1.78. The van der Waals surface area contributed by atoms with E-state index < -0.39 is 6.04 Å². The summed E-state index contributed by atoms with van der Waals surface area (Å²) < 4.78 is 1.85. The van der Waals surface area contributed by atoms with Crippen LogP contribution in [0.15, 0.2) is 6.33 Å². The molecule has 7 nitrogen and oxygen atoms in total. The van der Waals surface area contributed by atoms with Crippen molar-refractivity contribution in [2.75, 3.05) is 0 Å². The van der Waals surface area contributed by atoms with Gasteiger partial charge in [0.1, 0.15) is 12.4 Å². The average Bonchev–Trinajstić information content (AvgIpc) is 2.94. The minimum Gasteiger partial charge on any atom is -0.347 e. The van der Waals surface area contributed by atoms with E-state index >= 15 is 0 Å². The van der Waals surface area contributed by atoms with Crippen LogP contribution in [0.1, 0.15) is 25.6 Å². The molecule has 1 aliphatic heterocycles. The number of amides is 2. The lowest BCUT2D eigenvalue weighted by atomic mass is 10.2. The molecule has 1 aromatic rings. The smallest absolute Gasteiger partial charge is 0.242 e. The maximum Gasteiger partial charge on any atom is 0.242 e. The number of carbonyl (C=O) groups is 2. The quantitative estimate of drug-likeness (QED) is 0.717. The maximum atomic E-state index is 11.7. The minimum absolute atomic E-state index is 0.0677. The zero-order valence-corrected chi connectivity index (χ0v) is 9.64. The van der Waals surface area contributed by atoms with Crippen molar-refractivity contribution in [1.82, 2.24) is 25.4 Å². The Morgan fingerprint density at radius 3 is 3.18 bits per heavy atom. The summed E-state index contributed by atoms with van der Waals surface area (Å²) in [7, 11) is 0. The van der Waals surface area contributed by atoms with Crippen molar-refractivity contribution >= 4 is 11.8 Å². The molecule has 1 aliphatic rings. The van der Waals surface area contributed by atoms with Gasteiger partial charge in [-0.25, -0.2) is 0 Å². The highest BCUT2D eigenvalue weighted by Crippen LogP contribution is 2.06. The number of carbonyl (C=O) groups excluding carboxylic acids is 2. The first-order chi connectivity index (χ1) is 8.20. The van der Waals surface area contributed by atoms with Crippen molar-refractivity contribution in [2.24, 2.45) is 0 Å². The molecular formula is C10H15N5O2. The first kappa shape index (κ1) is 11.6. The lowest BCUT2D eigenvalue weighted by Gasteiger charge is -2.10. The van der Waals surface area contributed by atoms with E-state index in [2.05, 4.69) is 20.8 Å². The van der Waals surface area contributed by atoms with Crippen LogP contribution in [0.2, 0.25) is 0 Å². The predicted octanol–water partition coefficient (Wildman–Crippen LogP) is -0.807. The molecule has 0 bridgehead atoms. The van der Waals surface area contributed by atoms with Crippen LogP contribution in [0.25, 0.3) is 0 Å². The fraction of sp³-hybridized carbons (Fsp3) is 0.600. The van der Waals surface area contributed by atoms with E-state index in [-0.39, 0.29) is 11.8 Å². The van der Waals surface area contributed by atoms with Gasteiger partial charge in [-0.15, -0.1) is 10.2 Å². The second-order valence-electron chi connectivity index (χ2n) is 3.91. The molecule has 2 N–H and O–H groups in total. The van der Waals surface area contributed by atoms with Gasteiger partial charge in [0, 0.05) is 13.0 Å². The molecule has 7 heteroatoms. The topological polar surface area (TPSA) is 88.9 Å². The lowest BCUT2D eigenvalue weighted by molar-refractivity contribution is -0.125.